The van der Waals surface area contributed by atoms with Crippen LogP contribution in [-0.4, -0.2) is 35.6 Å². The predicted octanol–water partition coefficient (Wildman–Crippen LogP) is 4.34. The van der Waals surface area contributed by atoms with Crippen LogP contribution in [0.2, 0.25) is 0 Å². The van der Waals surface area contributed by atoms with Gasteiger partial charge in [-0.05, 0) is 90.7 Å². The molecule has 2 aromatic rings. The van der Waals surface area contributed by atoms with Gasteiger partial charge in [-0.3, -0.25) is 4.99 Å². The van der Waals surface area contributed by atoms with Gasteiger partial charge in [0.2, 0.25) is 0 Å². The molecule has 3 aliphatic carbocycles. The number of fused-ring (bicyclic) bond motifs is 5. The van der Waals surface area contributed by atoms with Crippen molar-refractivity contribution in [2.45, 2.75) is 57.1 Å². The van der Waals surface area contributed by atoms with E-state index in [1.807, 2.05) is 24.5 Å². The third kappa shape index (κ3) is 2.73. The van der Waals surface area contributed by atoms with Gasteiger partial charge in [-0.15, -0.1) is 0 Å². The average Bonchev–Trinajstić information content (AvgIpc) is 3.32. The highest BCUT2D eigenvalue weighted by atomic mass is 16.5. The molecule has 0 radical (unpaired) electrons. The molecule has 28 heavy (non-hydrogen) atoms. The van der Waals surface area contributed by atoms with Gasteiger partial charge in [0.15, 0.2) is 0 Å². The average molecular weight is 379 g/mol. The number of nitrogens with one attached hydrogen (secondary N) is 1. The third-order valence-electron chi connectivity index (χ3n) is 7.93. The van der Waals surface area contributed by atoms with E-state index < -0.39 is 0 Å². The Morgan fingerprint density at radius 1 is 1.29 bits per heavy atom. The Morgan fingerprint density at radius 2 is 2.18 bits per heavy atom. The van der Waals surface area contributed by atoms with Gasteiger partial charge < -0.3 is 14.8 Å². The molecule has 0 spiro atoms. The Hall–Kier alpha value is -2.07. The van der Waals surface area contributed by atoms with Crippen LogP contribution >= 0.6 is 0 Å². The van der Waals surface area contributed by atoms with E-state index in [-0.39, 0.29) is 17.6 Å². The number of aromatic amines is 1. The zero-order chi connectivity index (χ0) is 19.3. The molecule has 2 fully saturated rings. The summed E-state index contributed by atoms with van der Waals surface area (Å²) in [6, 6.07) is 10.6. The van der Waals surface area contributed by atoms with Gasteiger partial charge in [-0.25, -0.2) is 0 Å². The first kappa shape index (κ1) is 18.0. The monoisotopic (exact) mass is 378 g/mol. The molecule has 0 amide bonds. The van der Waals surface area contributed by atoms with Gasteiger partial charge in [0, 0.05) is 12.4 Å². The van der Waals surface area contributed by atoms with Gasteiger partial charge in [-0.1, -0.05) is 13.0 Å². The maximum atomic E-state index is 11.2. The summed E-state index contributed by atoms with van der Waals surface area (Å²) in [5.41, 5.74) is 3.98. The number of methoxy groups -OCH3 is 1. The highest BCUT2D eigenvalue weighted by Gasteiger charge is 2.57. The summed E-state index contributed by atoms with van der Waals surface area (Å²) < 4.78 is 5.44. The number of rotatable bonds is 3. The van der Waals surface area contributed by atoms with Crippen molar-refractivity contribution in [2.75, 3.05) is 7.11 Å². The molecule has 1 aromatic heterocycles. The molecular formula is C24H30N2O2. The molecule has 1 aromatic carbocycles. The summed E-state index contributed by atoms with van der Waals surface area (Å²) in [4.78, 5) is 7.97. The fourth-order valence-electron chi connectivity index (χ4n) is 6.42. The lowest BCUT2D eigenvalue weighted by atomic mass is 9.55. The normalized spacial score (nSPS) is 36.8. The third-order valence-corrected chi connectivity index (χ3v) is 7.93. The standard InChI is InChI=1S/C24H30N2O2/c1-24-10-9-19-18-8-6-17(28-2)12-15(18)5-7-20(19)21(24)13-22(23(24)27)26-14-16-4-3-11-25-16/h3-4,6,8,11-12,14,19-23,25,27H,5,7,9-10,13H2,1-2H3/t19-,20-,21+,22-,23+,24+/m1/s1. The van der Waals surface area contributed by atoms with E-state index in [2.05, 4.69) is 30.1 Å². The maximum Gasteiger partial charge on any atom is 0.119 e. The summed E-state index contributed by atoms with van der Waals surface area (Å²) in [6.07, 6.45) is 9.04. The number of aliphatic hydroxyl groups is 1. The molecule has 148 valence electrons. The lowest BCUT2D eigenvalue weighted by Crippen LogP contribution is -2.44. The number of benzene rings is 1. The van der Waals surface area contributed by atoms with Crippen LogP contribution in [0.1, 0.15) is 55.3 Å². The van der Waals surface area contributed by atoms with E-state index in [9.17, 15) is 5.11 Å². The molecule has 0 unspecified atom stereocenters. The van der Waals surface area contributed by atoms with Crippen LogP contribution < -0.4 is 4.74 Å². The highest BCUT2D eigenvalue weighted by molar-refractivity contribution is 5.77. The van der Waals surface area contributed by atoms with Gasteiger partial charge in [0.25, 0.3) is 0 Å². The van der Waals surface area contributed by atoms with Crippen molar-refractivity contribution in [1.29, 1.82) is 0 Å². The first-order valence-corrected chi connectivity index (χ1v) is 10.6. The quantitative estimate of drug-likeness (QED) is 0.781. The second kappa shape index (κ2) is 6.77. The van der Waals surface area contributed by atoms with E-state index in [1.54, 1.807) is 7.11 Å². The zero-order valence-corrected chi connectivity index (χ0v) is 16.8. The number of aromatic nitrogens is 1. The van der Waals surface area contributed by atoms with Gasteiger partial charge in [0.05, 0.1) is 24.9 Å². The molecule has 5 rings (SSSR count). The molecule has 2 N–H and O–H groups in total. The van der Waals surface area contributed by atoms with Crippen LogP contribution in [0.5, 0.6) is 5.75 Å². The van der Waals surface area contributed by atoms with Crippen molar-refractivity contribution in [3.63, 3.8) is 0 Å². The number of nitrogens with zero attached hydrogens (tertiary/aromatic N) is 1. The minimum absolute atomic E-state index is 0.00862. The summed E-state index contributed by atoms with van der Waals surface area (Å²) in [5.74, 6) is 2.78. The van der Waals surface area contributed by atoms with Crippen LogP contribution in [0, 0.1) is 17.3 Å². The molecular weight excluding hydrogens is 348 g/mol. The van der Waals surface area contributed by atoms with Crippen LogP contribution in [0.15, 0.2) is 41.5 Å². The van der Waals surface area contributed by atoms with Crippen LogP contribution in [-0.2, 0) is 6.42 Å². The van der Waals surface area contributed by atoms with Crippen molar-refractivity contribution in [3.05, 3.63) is 53.3 Å². The van der Waals surface area contributed by atoms with E-state index >= 15 is 0 Å². The summed E-state index contributed by atoms with van der Waals surface area (Å²) >= 11 is 0. The number of aliphatic imine (C=N–C) groups is 1. The second-order valence-electron chi connectivity index (χ2n) is 9.18. The first-order chi connectivity index (χ1) is 13.6. The SMILES string of the molecule is COc1ccc2c(c1)CC[C@@H]1[C@@H]2CC[C@]2(C)[C@@H](O)[C@H](N=Cc3ccc[nH]3)C[C@@H]12. The number of H-pyrrole nitrogens is 1. The number of ether oxygens (including phenoxy) is 1. The maximum absolute atomic E-state index is 11.2. The van der Waals surface area contributed by atoms with Crippen molar-refractivity contribution in [3.8, 4) is 5.75 Å². The minimum Gasteiger partial charge on any atom is -0.497 e. The Labute approximate surface area is 167 Å². The lowest BCUT2D eigenvalue weighted by Gasteiger charge is -2.50. The fraction of sp³-hybridized carbons (Fsp3) is 0.542. The minimum atomic E-state index is -0.345. The molecule has 0 saturated heterocycles. The van der Waals surface area contributed by atoms with Crippen LogP contribution in [0.25, 0.3) is 0 Å². The molecule has 0 aliphatic heterocycles. The Bertz CT molecular complexity index is 875. The Morgan fingerprint density at radius 3 is 2.96 bits per heavy atom. The van der Waals surface area contributed by atoms with Gasteiger partial charge >= 0.3 is 0 Å². The Kier molecular flexibility index (Phi) is 4.35. The number of hydrogen-bond donors (Lipinski definition) is 2. The molecule has 0 bridgehead atoms. The van der Waals surface area contributed by atoms with Gasteiger partial charge in [-0.2, -0.15) is 0 Å². The van der Waals surface area contributed by atoms with Crippen molar-refractivity contribution < 1.29 is 9.84 Å². The molecule has 1 heterocycles. The van der Waals surface area contributed by atoms with Crippen LogP contribution in [0.3, 0.4) is 0 Å². The largest absolute Gasteiger partial charge is 0.497 e. The van der Waals surface area contributed by atoms with Crippen molar-refractivity contribution in [1.82, 2.24) is 4.98 Å². The molecule has 3 aliphatic rings. The van der Waals surface area contributed by atoms with E-state index in [1.165, 1.54) is 24.0 Å². The van der Waals surface area contributed by atoms with E-state index in [4.69, 9.17) is 9.73 Å². The zero-order valence-electron chi connectivity index (χ0n) is 16.8. The predicted molar refractivity (Wildman–Crippen MR) is 111 cm³/mol. The second-order valence-corrected chi connectivity index (χ2v) is 9.18. The van der Waals surface area contributed by atoms with Crippen LogP contribution in [0.4, 0.5) is 0 Å². The lowest BCUT2D eigenvalue weighted by molar-refractivity contribution is -0.0254. The van der Waals surface area contributed by atoms with Crippen molar-refractivity contribution in [2.24, 2.45) is 22.2 Å². The van der Waals surface area contributed by atoms with E-state index in [0.29, 0.717) is 17.8 Å². The van der Waals surface area contributed by atoms with Gasteiger partial charge in [0.1, 0.15) is 5.75 Å². The number of hydrogen-bond acceptors (Lipinski definition) is 3. The molecule has 4 nitrogen and oxygen atoms in total. The highest BCUT2D eigenvalue weighted by Crippen LogP contribution is 2.61. The summed E-state index contributed by atoms with van der Waals surface area (Å²) in [5, 5.41) is 11.2. The fourth-order valence-corrected chi connectivity index (χ4v) is 6.42. The molecule has 4 heteroatoms. The Balaban J connectivity index is 1.41. The number of aryl methyl sites for hydroxylation is 1. The van der Waals surface area contributed by atoms with E-state index in [0.717, 1.165) is 30.7 Å². The molecule has 6 atom stereocenters. The topological polar surface area (TPSA) is 57.6 Å². The number of aliphatic hydroxyl groups excluding tert-OH is 1. The smallest absolute Gasteiger partial charge is 0.119 e. The van der Waals surface area contributed by atoms with Crippen molar-refractivity contribution >= 4 is 6.21 Å². The summed E-state index contributed by atoms with van der Waals surface area (Å²) in [7, 11) is 1.74. The summed E-state index contributed by atoms with van der Waals surface area (Å²) in [6.45, 7) is 2.31. The first-order valence-electron chi connectivity index (χ1n) is 10.6. The molecule has 2 saturated carbocycles.